The molecule has 0 aliphatic carbocycles. The molecule has 6 nitrogen and oxygen atoms in total. The van der Waals surface area contributed by atoms with Crippen molar-refractivity contribution in [2.45, 2.75) is 71.1 Å². The van der Waals surface area contributed by atoms with Gasteiger partial charge in [0.1, 0.15) is 0 Å². The number of carbonyl (C=O) groups excluding carboxylic acids is 1. The molecule has 0 radical (unpaired) electrons. The van der Waals surface area contributed by atoms with Crippen molar-refractivity contribution in [3.8, 4) is 0 Å². The van der Waals surface area contributed by atoms with Crippen LogP contribution in [0.4, 0.5) is 5.69 Å². The molecule has 1 aromatic rings. The average Bonchev–Trinajstić information content (AvgIpc) is 2.76. The molecular weight excluding hydrogens is 485 g/mol. The van der Waals surface area contributed by atoms with Gasteiger partial charge in [-0.1, -0.05) is 94.0 Å². The van der Waals surface area contributed by atoms with E-state index in [1.54, 1.807) is 18.2 Å². The Balaban J connectivity index is 0.000000621. The normalized spacial score (nSPS) is 10.5. The SMILES string of the molecule is CCCCCCCCCCCCSCC(=O)O.O=C(O)C=CC(=O)Nc1c(Cl)cccc1Cl. The van der Waals surface area contributed by atoms with Gasteiger partial charge >= 0.3 is 11.9 Å². The molecule has 0 atom stereocenters. The van der Waals surface area contributed by atoms with E-state index in [1.165, 1.54) is 76.0 Å². The summed E-state index contributed by atoms with van der Waals surface area (Å²) < 4.78 is 0. The standard InChI is InChI=1S/C14H28O2S.C10H7Cl2NO3/c1-2-3-4-5-6-7-8-9-10-11-12-17-13-14(15)16;11-6-2-1-3-7(12)10(6)13-8(14)4-5-9(15)16/h2-13H2,1H3,(H,15,16);1-5H,(H,13,14)(H,15,16). The molecule has 0 unspecified atom stereocenters. The Bertz CT molecular complexity index is 723. The molecule has 0 aromatic heterocycles. The minimum Gasteiger partial charge on any atom is -0.481 e. The molecule has 0 spiro atoms. The fourth-order valence-corrected chi connectivity index (χ4v) is 4.00. The van der Waals surface area contributed by atoms with Crippen molar-refractivity contribution in [2.75, 3.05) is 16.8 Å². The van der Waals surface area contributed by atoms with Gasteiger partial charge in [-0.05, 0) is 24.3 Å². The van der Waals surface area contributed by atoms with E-state index in [2.05, 4.69) is 12.2 Å². The molecule has 0 aliphatic heterocycles. The zero-order chi connectivity index (χ0) is 24.9. The molecule has 186 valence electrons. The van der Waals surface area contributed by atoms with Crippen LogP contribution in [0.3, 0.4) is 0 Å². The van der Waals surface area contributed by atoms with Crippen LogP contribution < -0.4 is 5.32 Å². The van der Waals surface area contributed by atoms with E-state index in [-0.39, 0.29) is 21.5 Å². The molecular formula is C24H35Cl2NO5S. The first-order valence-electron chi connectivity index (χ1n) is 11.2. The molecule has 1 amide bonds. The maximum atomic E-state index is 11.2. The number of hydrogen-bond donors (Lipinski definition) is 3. The second-order valence-electron chi connectivity index (χ2n) is 7.39. The number of carboxylic acids is 2. The van der Waals surface area contributed by atoms with Crippen molar-refractivity contribution in [3.63, 3.8) is 0 Å². The van der Waals surface area contributed by atoms with E-state index in [1.807, 2.05) is 0 Å². The highest BCUT2D eigenvalue weighted by Crippen LogP contribution is 2.29. The van der Waals surface area contributed by atoms with Crippen molar-refractivity contribution in [1.82, 2.24) is 0 Å². The lowest BCUT2D eigenvalue weighted by Crippen LogP contribution is -2.09. The Morgan fingerprint density at radius 3 is 1.88 bits per heavy atom. The van der Waals surface area contributed by atoms with E-state index in [4.69, 9.17) is 33.4 Å². The van der Waals surface area contributed by atoms with Crippen molar-refractivity contribution in [2.24, 2.45) is 0 Å². The summed E-state index contributed by atoms with van der Waals surface area (Å²) in [6.45, 7) is 2.25. The number of rotatable bonds is 16. The Morgan fingerprint density at radius 1 is 0.879 bits per heavy atom. The number of carbonyl (C=O) groups is 3. The van der Waals surface area contributed by atoms with Crippen LogP contribution >= 0.6 is 35.0 Å². The highest BCUT2D eigenvalue weighted by Gasteiger charge is 2.07. The molecule has 1 rings (SSSR count). The topological polar surface area (TPSA) is 104 Å². The lowest BCUT2D eigenvalue weighted by Gasteiger charge is -2.06. The number of unbranched alkanes of at least 4 members (excludes halogenated alkanes) is 9. The van der Waals surface area contributed by atoms with Crippen molar-refractivity contribution < 1.29 is 24.6 Å². The second-order valence-corrected chi connectivity index (χ2v) is 9.31. The van der Waals surface area contributed by atoms with Crippen molar-refractivity contribution in [3.05, 3.63) is 40.4 Å². The Hall–Kier alpha value is -1.70. The zero-order valence-electron chi connectivity index (χ0n) is 19.2. The summed E-state index contributed by atoms with van der Waals surface area (Å²) >= 11 is 13.1. The van der Waals surface area contributed by atoms with Gasteiger partial charge in [0.2, 0.25) is 5.91 Å². The molecule has 0 aliphatic rings. The summed E-state index contributed by atoms with van der Waals surface area (Å²) in [5.74, 6) is -1.25. The molecule has 9 heteroatoms. The smallest absolute Gasteiger partial charge is 0.328 e. The third kappa shape index (κ3) is 19.5. The van der Waals surface area contributed by atoms with Gasteiger partial charge in [-0.3, -0.25) is 9.59 Å². The molecule has 3 N–H and O–H groups in total. The van der Waals surface area contributed by atoms with Crippen LogP contribution in [-0.2, 0) is 14.4 Å². The molecule has 0 bridgehead atoms. The van der Waals surface area contributed by atoms with Gasteiger partial charge in [0.05, 0.1) is 21.5 Å². The number of thioether (sulfide) groups is 1. The predicted octanol–water partition coefficient (Wildman–Crippen LogP) is 7.30. The van der Waals surface area contributed by atoms with E-state index in [0.717, 1.165) is 17.9 Å². The molecule has 1 aromatic carbocycles. The number of hydrogen-bond acceptors (Lipinski definition) is 4. The maximum Gasteiger partial charge on any atom is 0.328 e. The second kappa shape index (κ2) is 20.9. The van der Waals surface area contributed by atoms with E-state index in [9.17, 15) is 14.4 Å². The van der Waals surface area contributed by atoms with E-state index in [0.29, 0.717) is 0 Å². The third-order valence-electron chi connectivity index (χ3n) is 4.46. The number of benzene rings is 1. The van der Waals surface area contributed by atoms with Gasteiger partial charge in [-0.2, -0.15) is 11.8 Å². The molecule has 0 saturated carbocycles. The highest BCUT2D eigenvalue weighted by molar-refractivity contribution is 7.99. The van der Waals surface area contributed by atoms with Gasteiger partial charge in [0, 0.05) is 12.2 Å². The summed E-state index contributed by atoms with van der Waals surface area (Å²) in [5, 5.41) is 19.7. The van der Waals surface area contributed by atoms with Crippen LogP contribution in [0.5, 0.6) is 0 Å². The number of halogens is 2. The fourth-order valence-electron chi connectivity index (χ4n) is 2.78. The van der Waals surface area contributed by atoms with Gasteiger partial charge < -0.3 is 15.5 Å². The van der Waals surface area contributed by atoms with E-state index >= 15 is 0 Å². The third-order valence-corrected chi connectivity index (χ3v) is 6.11. The fraction of sp³-hybridized carbons (Fsp3) is 0.542. The summed E-state index contributed by atoms with van der Waals surface area (Å²) in [5.41, 5.74) is 0.255. The number of carboxylic acid groups (broad SMARTS) is 2. The predicted molar refractivity (Wildman–Crippen MR) is 139 cm³/mol. The lowest BCUT2D eigenvalue weighted by molar-refractivity contribution is -0.134. The van der Waals surface area contributed by atoms with Crippen LogP contribution in [0.1, 0.15) is 71.1 Å². The summed E-state index contributed by atoms with van der Waals surface area (Å²) in [6, 6.07) is 4.75. The Kier molecular flexibility index (Phi) is 19.8. The van der Waals surface area contributed by atoms with Crippen LogP contribution in [0.15, 0.2) is 30.4 Å². The molecule has 0 heterocycles. The maximum absolute atomic E-state index is 11.2. The van der Waals surface area contributed by atoms with Crippen LogP contribution in [0.2, 0.25) is 10.0 Å². The van der Waals surface area contributed by atoms with Gasteiger partial charge in [0.25, 0.3) is 0 Å². The van der Waals surface area contributed by atoms with Crippen LogP contribution in [0.25, 0.3) is 0 Å². The zero-order valence-corrected chi connectivity index (χ0v) is 21.5. The molecule has 0 fully saturated rings. The number of para-hydroxylation sites is 1. The van der Waals surface area contributed by atoms with Crippen LogP contribution in [0, 0.1) is 0 Å². The number of amides is 1. The monoisotopic (exact) mass is 519 g/mol. The first kappa shape index (κ1) is 31.3. The minimum atomic E-state index is -1.21. The Morgan fingerprint density at radius 2 is 1.39 bits per heavy atom. The number of aliphatic carboxylic acids is 2. The van der Waals surface area contributed by atoms with E-state index < -0.39 is 17.8 Å². The minimum absolute atomic E-state index is 0.255. The largest absolute Gasteiger partial charge is 0.481 e. The summed E-state index contributed by atoms with van der Waals surface area (Å²) in [7, 11) is 0. The molecule has 33 heavy (non-hydrogen) atoms. The lowest BCUT2D eigenvalue weighted by atomic mass is 10.1. The summed E-state index contributed by atoms with van der Waals surface area (Å²) in [4.78, 5) is 31.7. The Labute approximate surface area is 211 Å². The molecule has 0 saturated heterocycles. The van der Waals surface area contributed by atoms with Crippen molar-refractivity contribution in [1.29, 1.82) is 0 Å². The van der Waals surface area contributed by atoms with Gasteiger partial charge in [-0.15, -0.1) is 0 Å². The van der Waals surface area contributed by atoms with Crippen LogP contribution in [-0.4, -0.2) is 39.6 Å². The highest BCUT2D eigenvalue weighted by atomic mass is 35.5. The van der Waals surface area contributed by atoms with Crippen molar-refractivity contribution >= 4 is 58.5 Å². The van der Waals surface area contributed by atoms with Gasteiger partial charge in [0.15, 0.2) is 0 Å². The first-order valence-corrected chi connectivity index (χ1v) is 13.1. The number of nitrogens with one attached hydrogen (secondary N) is 1. The summed E-state index contributed by atoms with van der Waals surface area (Å²) in [6.07, 6.45) is 15.0. The quantitative estimate of drug-likeness (QED) is 0.156. The number of anilines is 1. The first-order chi connectivity index (χ1) is 15.8. The average molecular weight is 521 g/mol. The van der Waals surface area contributed by atoms with Gasteiger partial charge in [-0.25, -0.2) is 4.79 Å².